The molecule has 1 aromatic carbocycles. The van der Waals surface area contributed by atoms with Crippen molar-refractivity contribution in [3.05, 3.63) is 33.9 Å². The van der Waals surface area contributed by atoms with E-state index in [1.807, 2.05) is 27.0 Å². The number of amides is 1. The van der Waals surface area contributed by atoms with Gasteiger partial charge in [-0.25, -0.2) is 0 Å². The fraction of sp³-hybridized carbons (Fsp3) is 0.500. The van der Waals surface area contributed by atoms with E-state index in [9.17, 15) is 14.9 Å². The van der Waals surface area contributed by atoms with Gasteiger partial charge < -0.3 is 10.6 Å². The van der Waals surface area contributed by atoms with E-state index in [4.69, 9.17) is 0 Å². The molecule has 0 fully saturated rings. The van der Waals surface area contributed by atoms with E-state index in [1.165, 1.54) is 12.1 Å². The minimum atomic E-state index is -0.537. The SMILES string of the molecule is CCNc1ccc([N+](=O)[O-])c(C(=O)NCC(C)(C)SC)c1. The molecule has 1 aromatic rings. The third kappa shape index (κ3) is 4.93. The number of hydrogen-bond donors (Lipinski definition) is 2. The number of carbonyl (C=O) groups is 1. The molecule has 0 aliphatic heterocycles. The Bertz CT molecular complexity index is 532. The van der Waals surface area contributed by atoms with Crippen molar-refractivity contribution in [1.82, 2.24) is 5.32 Å². The second-order valence-corrected chi connectivity index (χ2v) is 6.68. The molecule has 0 radical (unpaired) electrons. The van der Waals surface area contributed by atoms with Crippen molar-refractivity contribution in [3.8, 4) is 0 Å². The summed E-state index contributed by atoms with van der Waals surface area (Å²) in [6.07, 6.45) is 1.96. The quantitative estimate of drug-likeness (QED) is 0.597. The molecule has 0 aliphatic carbocycles. The van der Waals surface area contributed by atoms with Crippen molar-refractivity contribution >= 4 is 29.0 Å². The molecule has 1 amide bonds. The monoisotopic (exact) mass is 311 g/mol. The van der Waals surface area contributed by atoms with Crippen molar-refractivity contribution in [2.75, 3.05) is 24.7 Å². The number of benzene rings is 1. The number of anilines is 1. The van der Waals surface area contributed by atoms with Crippen molar-refractivity contribution < 1.29 is 9.72 Å². The largest absolute Gasteiger partial charge is 0.385 e. The summed E-state index contributed by atoms with van der Waals surface area (Å²) in [5.74, 6) is -0.427. The number of thioether (sulfide) groups is 1. The van der Waals surface area contributed by atoms with Gasteiger partial charge in [0.15, 0.2) is 0 Å². The lowest BCUT2D eigenvalue weighted by Gasteiger charge is -2.22. The van der Waals surface area contributed by atoms with Gasteiger partial charge in [0, 0.05) is 29.6 Å². The topological polar surface area (TPSA) is 84.3 Å². The highest BCUT2D eigenvalue weighted by Crippen LogP contribution is 2.24. The predicted molar refractivity (Wildman–Crippen MR) is 87.2 cm³/mol. The first-order valence-corrected chi connectivity index (χ1v) is 7.89. The Morgan fingerprint density at radius 2 is 2.10 bits per heavy atom. The minimum Gasteiger partial charge on any atom is -0.385 e. The molecule has 0 aromatic heterocycles. The van der Waals surface area contributed by atoms with Gasteiger partial charge in [-0.05, 0) is 39.2 Å². The maximum atomic E-state index is 12.2. The molecule has 0 saturated carbocycles. The van der Waals surface area contributed by atoms with Gasteiger partial charge in [-0.2, -0.15) is 11.8 Å². The number of nitrogens with zero attached hydrogens (tertiary/aromatic N) is 1. The van der Waals surface area contributed by atoms with Crippen LogP contribution < -0.4 is 10.6 Å². The molecule has 0 atom stereocenters. The fourth-order valence-corrected chi connectivity index (χ4v) is 1.87. The molecule has 21 heavy (non-hydrogen) atoms. The Morgan fingerprint density at radius 1 is 1.43 bits per heavy atom. The van der Waals surface area contributed by atoms with Gasteiger partial charge in [-0.15, -0.1) is 0 Å². The molecule has 0 bridgehead atoms. The Labute approximate surface area is 128 Å². The van der Waals surface area contributed by atoms with Gasteiger partial charge in [0.1, 0.15) is 5.56 Å². The second-order valence-electron chi connectivity index (χ2n) is 5.17. The predicted octanol–water partition coefficient (Wildman–Crippen LogP) is 2.90. The van der Waals surface area contributed by atoms with Gasteiger partial charge in [-0.3, -0.25) is 14.9 Å². The Kier molecular flexibility index (Phi) is 6.02. The summed E-state index contributed by atoms with van der Waals surface area (Å²) in [6.45, 7) is 7.04. The lowest BCUT2D eigenvalue weighted by atomic mass is 10.1. The van der Waals surface area contributed by atoms with Crippen molar-refractivity contribution in [3.63, 3.8) is 0 Å². The van der Waals surface area contributed by atoms with Crippen LogP contribution in [0.4, 0.5) is 11.4 Å². The van der Waals surface area contributed by atoms with Crippen LogP contribution in [-0.4, -0.2) is 34.9 Å². The van der Waals surface area contributed by atoms with Crippen LogP contribution in [-0.2, 0) is 0 Å². The van der Waals surface area contributed by atoms with Gasteiger partial charge in [0.2, 0.25) is 0 Å². The molecular weight excluding hydrogens is 290 g/mol. The summed E-state index contributed by atoms with van der Waals surface area (Å²) in [6, 6.07) is 4.47. The highest BCUT2D eigenvalue weighted by molar-refractivity contribution is 7.99. The molecular formula is C14H21N3O3S. The van der Waals surface area contributed by atoms with E-state index in [0.717, 1.165) is 0 Å². The Morgan fingerprint density at radius 3 is 2.62 bits per heavy atom. The average molecular weight is 311 g/mol. The van der Waals surface area contributed by atoms with E-state index in [1.54, 1.807) is 17.8 Å². The summed E-state index contributed by atoms with van der Waals surface area (Å²) >= 11 is 1.63. The van der Waals surface area contributed by atoms with Crippen molar-refractivity contribution in [2.24, 2.45) is 0 Å². The standard InChI is InChI=1S/C14H21N3O3S/c1-5-15-10-6-7-12(17(19)20)11(8-10)13(18)16-9-14(2,3)21-4/h6-8,15H,5,9H2,1-4H3,(H,16,18). The number of nitro groups is 1. The second kappa shape index (κ2) is 7.31. The third-order valence-corrected chi connectivity index (χ3v) is 4.30. The maximum absolute atomic E-state index is 12.2. The molecule has 7 heteroatoms. The smallest absolute Gasteiger partial charge is 0.282 e. The third-order valence-electron chi connectivity index (χ3n) is 3.05. The van der Waals surface area contributed by atoms with E-state index in [2.05, 4.69) is 10.6 Å². The van der Waals surface area contributed by atoms with E-state index in [-0.39, 0.29) is 16.0 Å². The minimum absolute atomic E-state index is 0.0790. The van der Waals surface area contributed by atoms with E-state index in [0.29, 0.717) is 18.8 Å². The van der Waals surface area contributed by atoms with Crippen LogP contribution in [0.1, 0.15) is 31.1 Å². The van der Waals surface area contributed by atoms with E-state index < -0.39 is 10.8 Å². The lowest BCUT2D eigenvalue weighted by Crippen LogP contribution is -2.36. The highest BCUT2D eigenvalue weighted by Gasteiger charge is 2.23. The average Bonchev–Trinajstić information content (AvgIpc) is 2.45. The molecule has 2 N–H and O–H groups in total. The summed E-state index contributed by atoms with van der Waals surface area (Å²) in [7, 11) is 0. The number of hydrogen-bond acceptors (Lipinski definition) is 5. The van der Waals surface area contributed by atoms with Crippen molar-refractivity contribution in [1.29, 1.82) is 0 Å². The summed E-state index contributed by atoms with van der Waals surface area (Å²) < 4.78 is -0.121. The number of rotatable bonds is 7. The van der Waals surface area contributed by atoms with Gasteiger partial charge in [0.05, 0.1) is 4.92 Å². The first-order chi connectivity index (χ1) is 9.80. The van der Waals surface area contributed by atoms with Crippen LogP contribution in [0.2, 0.25) is 0 Å². The van der Waals surface area contributed by atoms with Crippen LogP contribution in [0.5, 0.6) is 0 Å². The molecule has 1 rings (SSSR count). The highest BCUT2D eigenvalue weighted by atomic mass is 32.2. The number of carbonyl (C=O) groups excluding carboxylic acids is 1. The van der Waals surface area contributed by atoms with Crippen LogP contribution in [0, 0.1) is 10.1 Å². The van der Waals surface area contributed by atoms with Crippen LogP contribution in [0.25, 0.3) is 0 Å². The molecule has 116 valence electrons. The number of nitro benzene ring substituents is 1. The fourth-order valence-electron chi connectivity index (χ4n) is 1.65. The van der Waals surface area contributed by atoms with E-state index >= 15 is 0 Å². The first kappa shape index (κ1) is 17.3. The Balaban J connectivity index is 2.99. The normalized spacial score (nSPS) is 11.0. The van der Waals surface area contributed by atoms with Crippen LogP contribution in [0.3, 0.4) is 0 Å². The first-order valence-electron chi connectivity index (χ1n) is 6.66. The molecule has 0 heterocycles. The van der Waals surface area contributed by atoms with Gasteiger partial charge in [0.25, 0.3) is 11.6 Å². The molecule has 0 saturated heterocycles. The lowest BCUT2D eigenvalue weighted by molar-refractivity contribution is -0.385. The molecule has 0 unspecified atom stereocenters. The zero-order valence-corrected chi connectivity index (χ0v) is 13.5. The molecule has 6 nitrogen and oxygen atoms in total. The zero-order chi connectivity index (χ0) is 16.0. The summed E-state index contributed by atoms with van der Waals surface area (Å²) in [5, 5.41) is 16.9. The van der Waals surface area contributed by atoms with Crippen LogP contribution >= 0.6 is 11.8 Å². The van der Waals surface area contributed by atoms with Gasteiger partial charge in [-0.1, -0.05) is 0 Å². The molecule has 0 spiro atoms. The maximum Gasteiger partial charge on any atom is 0.282 e. The van der Waals surface area contributed by atoms with Gasteiger partial charge >= 0.3 is 0 Å². The summed E-state index contributed by atoms with van der Waals surface area (Å²) in [5.41, 5.74) is 0.587. The summed E-state index contributed by atoms with van der Waals surface area (Å²) in [4.78, 5) is 22.8. The zero-order valence-electron chi connectivity index (χ0n) is 12.7. The number of nitrogens with one attached hydrogen (secondary N) is 2. The Hall–Kier alpha value is -1.76. The molecule has 0 aliphatic rings. The van der Waals surface area contributed by atoms with Crippen molar-refractivity contribution in [2.45, 2.75) is 25.5 Å². The van der Waals surface area contributed by atoms with Crippen LogP contribution in [0.15, 0.2) is 18.2 Å².